The van der Waals surface area contributed by atoms with Crippen molar-refractivity contribution in [2.75, 3.05) is 0 Å². The van der Waals surface area contributed by atoms with Crippen molar-refractivity contribution in [2.24, 2.45) is 17.8 Å². The minimum Gasteiger partial charge on any atom is -0.103 e. The summed E-state index contributed by atoms with van der Waals surface area (Å²) < 4.78 is 0. The lowest BCUT2D eigenvalue weighted by molar-refractivity contribution is 0.551. The zero-order valence-corrected chi connectivity index (χ0v) is 5.59. The van der Waals surface area contributed by atoms with Crippen LogP contribution in [0.5, 0.6) is 0 Å². The summed E-state index contributed by atoms with van der Waals surface area (Å²) >= 11 is 0. The van der Waals surface area contributed by atoms with Gasteiger partial charge in [-0.05, 0) is 30.6 Å². The van der Waals surface area contributed by atoms with Gasteiger partial charge >= 0.3 is 0 Å². The predicted molar refractivity (Wildman–Crippen MR) is 39.0 cm³/mol. The third-order valence-electron chi connectivity index (χ3n) is 2.63. The quantitative estimate of drug-likeness (QED) is 0.466. The van der Waals surface area contributed by atoms with E-state index >= 15 is 0 Å². The zero-order valence-electron chi connectivity index (χ0n) is 5.59. The van der Waals surface area contributed by atoms with E-state index in [1.54, 1.807) is 0 Å². The molecule has 3 atom stereocenters. The highest BCUT2D eigenvalue weighted by atomic mass is 14.4. The van der Waals surface area contributed by atoms with Crippen molar-refractivity contribution in [2.45, 2.75) is 12.8 Å². The number of hydrogen-bond donors (Lipinski definition) is 0. The number of rotatable bonds is 1. The molecule has 0 spiro atoms. The third-order valence-corrected chi connectivity index (χ3v) is 2.63. The van der Waals surface area contributed by atoms with Gasteiger partial charge in [-0.2, -0.15) is 0 Å². The molecule has 0 unspecified atom stereocenters. The maximum absolute atomic E-state index is 3.83. The highest BCUT2D eigenvalue weighted by molar-refractivity contribution is 5.13. The van der Waals surface area contributed by atoms with Crippen LogP contribution < -0.4 is 0 Å². The van der Waals surface area contributed by atoms with Crippen LogP contribution in [-0.2, 0) is 0 Å². The molecule has 0 amide bonds. The number of fused-ring (bicyclic) bond motifs is 2. The minimum atomic E-state index is 0.806. The molecular weight excluding hydrogens is 108 g/mol. The Labute approximate surface area is 56.3 Å². The second kappa shape index (κ2) is 1.73. The Morgan fingerprint density at radius 2 is 2.22 bits per heavy atom. The molecule has 0 heterocycles. The molecule has 0 heteroatoms. The van der Waals surface area contributed by atoms with E-state index in [9.17, 15) is 0 Å². The average Bonchev–Trinajstić information content (AvgIpc) is 2.45. The fourth-order valence-electron chi connectivity index (χ4n) is 2.09. The smallest absolute Gasteiger partial charge is 0.0165 e. The van der Waals surface area contributed by atoms with Crippen LogP contribution in [0.2, 0.25) is 0 Å². The zero-order chi connectivity index (χ0) is 6.27. The van der Waals surface area contributed by atoms with Gasteiger partial charge in [-0.3, -0.25) is 0 Å². The normalized spacial score (nSPS) is 46.0. The molecule has 48 valence electrons. The summed E-state index contributed by atoms with van der Waals surface area (Å²) in [4.78, 5) is 0. The summed E-state index contributed by atoms with van der Waals surface area (Å²) in [7, 11) is 0. The van der Waals surface area contributed by atoms with Gasteiger partial charge < -0.3 is 0 Å². The molecule has 0 aromatic carbocycles. The molecule has 0 aliphatic heterocycles. The number of allylic oxidation sites excluding steroid dienone is 3. The molecule has 2 bridgehead atoms. The van der Waals surface area contributed by atoms with Gasteiger partial charge in [0.15, 0.2) is 0 Å². The van der Waals surface area contributed by atoms with E-state index in [2.05, 4.69) is 24.8 Å². The molecular formula is C9H12. The molecule has 0 aromatic rings. The Morgan fingerprint density at radius 1 is 1.33 bits per heavy atom. The van der Waals surface area contributed by atoms with Gasteiger partial charge in [-0.1, -0.05) is 18.2 Å². The topological polar surface area (TPSA) is 0 Å². The van der Waals surface area contributed by atoms with Crippen LogP contribution in [0.15, 0.2) is 24.8 Å². The maximum Gasteiger partial charge on any atom is -0.0165 e. The summed E-state index contributed by atoms with van der Waals surface area (Å²) in [5.74, 6) is 2.56. The van der Waals surface area contributed by atoms with E-state index in [1.807, 2.05) is 0 Å². The van der Waals surface area contributed by atoms with E-state index in [4.69, 9.17) is 0 Å². The van der Waals surface area contributed by atoms with Crippen LogP contribution in [0, 0.1) is 17.8 Å². The summed E-state index contributed by atoms with van der Waals surface area (Å²) in [5.41, 5.74) is 0. The fraction of sp³-hybridized carbons (Fsp3) is 0.556. The summed E-state index contributed by atoms with van der Waals surface area (Å²) in [6.07, 6.45) is 9.61. The molecule has 1 fully saturated rings. The highest BCUT2D eigenvalue weighted by Crippen LogP contribution is 2.43. The first-order chi connectivity index (χ1) is 4.40. The molecule has 9 heavy (non-hydrogen) atoms. The first kappa shape index (κ1) is 5.28. The van der Waals surface area contributed by atoms with Crippen molar-refractivity contribution in [1.82, 2.24) is 0 Å². The number of hydrogen-bond acceptors (Lipinski definition) is 0. The molecule has 0 nitrogen and oxygen atoms in total. The van der Waals surface area contributed by atoms with Crippen molar-refractivity contribution in [1.29, 1.82) is 0 Å². The summed E-state index contributed by atoms with van der Waals surface area (Å²) in [6.45, 7) is 3.83. The lowest BCUT2D eigenvalue weighted by Crippen LogP contribution is -2.01. The second-order valence-corrected chi connectivity index (χ2v) is 3.18. The van der Waals surface area contributed by atoms with E-state index < -0.39 is 0 Å². The molecule has 2 rings (SSSR count). The standard InChI is InChI=1S/C9H12/c1-2-8-5-7-3-4-9(8)6-7/h2-4,7-9H,1,5-6H2/t7-,8+,9+/m1/s1. The van der Waals surface area contributed by atoms with Crippen LogP contribution in [0.1, 0.15) is 12.8 Å². The monoisotopic (exact) mass is 120 g/mol. The van der Waals surface area contributed by atoms with Crippen LogP contribution in [0.3, 0.4) is 0 Å². The maximum atomic E-state index is 3.83. The third kappa shape index (κ3) is 0.658. The van der Waals surface area contributed by atoms with Gasteiger partial charge in [-0.15, -0.1) is 6.58 Å². The van der Waals surface area contributed by atoms with E-state index in [0.29, 0.717) is 0 Å². The van der Waals surface area contributed by atoms with Gasteiger partial charge in [0, 0.05) is 0 Å². The first-order valence-corrected chi connectivity index (χ1v) is 3.71. The molecule has 0 aromatic heterocycles. The van der Waals surface area contributed by atoms with E-state index in [-0.39, 0.29) is 0 Å². The SMILES string of the molecule is C=C[C@H]1C[C@H]2C=C[C@H]1C2. The average molecular weight is 120 g/mol. The lowest BCUT2D eigenvalue weighted by Gasteiger charge is -2.11. The van der Waals surface area contributed by atoms with E-state index in [1.165, 1.54) is 12.8 Å². The van der Waals surface area contributed by atoms with Crippen LogP contribution in [-0.4, -0.2) is 0 Å². The Hall–Kier alpha value is -0.520. The summed E-state index contributed by atoms with van der Waals surface area (Å²) in [5, 5.41) is 0. The Bertz CT molecular complexity index is 155. The highest BCUT2D eigenvalue weighted by Gasteiger charge is 2.33. The summed E-state index contributed by atoms with van der Waals surface area (Å²) in [6, 6.07) is 0. The fourth-order valence-corrected chi connectivity index (χ4v) is 2.09. The van der Waals surface area contributed by atoms with Gasteiger partial charge in [0.2, 0.25) is 0 Å². The van der Waals surface area contributed by atoms with Crippen molar-refractivity contribution in [3.63, 3.8) is 0 Å². The van der Waals surface area contributed by atoms with Crippen molar-refractivity contribution < 1.29 is 0 Å². The van der Waals surface area contributed by atoms with Gasteiger partial charge in [0.05, 0.1) is 0 Å². The first-order valence-electron chi connectivity index (χ1n) is 3.71. The lowest BCUT2D eigenvalue weighted by atomic mass is 9.94. The Morgan fingerprint density at radius 3 is 2.56 bits per heavy atom. The second-order valence-electron chi connectivity index (χ2n) is 3.18. The van der Waals surface area contributed by atoms with Crippen LogP contribution >= 0.6 is 0 Å². The predicted octanol–water partition coefficient (Wildman–Crippen LogP) is 2.38. The molecule has 0 N–H and O–H groups in total. The van der Waals surface area contributed by atoms with Crippen molar-refractivity contribution in [3.8, 4) is 0 Å². The Kier molecular flexibility index (Phi) is 1.01. The molecule has 0 radical (unpaired) electrons. The minimum absolute atomic E-state index is 0.806. The van der Waals surface area contributed by atoms with Crippen LogP contribution in [0.25, 0.3) is 0 Å². The van der Waals surface area contributed by atoms with Gasteiger partial charge in [0.25, 0.3) is 0 Å². The molecule has 2 aliphatic rings. The molecule has 1 saturated carbocycles. The van der Waals surface area contributed by atoms with E-state index in [0.717, 1.165) is 17.8 Å². The van der Waals surface area contributed by atoms with Crippen molar-refractivity contribution >= 4 is 0 Å². The molecule has 2 aliphatic carbocycles. The molecule has 0 saturated heterocycles. The largest absolute Gasteiger partial charge is 0.103 e. The van der Waals surface area contributed by atoms with Gasteiger partial charge in [0.1, 0.15) is 0 Å². The Balaban J connectivity index is 2.19. The van der Waals surface area contributed by atoms with Crippen molar-refractivity contribution in [3.05, 3.63) is 24.8 Å². The van der Waals surface area contributed by atoms with Crippen LogP contribution in [0.4, 0.5) is 0 Å². The van der Waals surface area contributed by atoms with Gasteiger partial charge in [-0.25, -0.2) is 0 Å².